The lowest BCUT2D eigenvalue weighted by atomic mass is 10.3. The average Bonchev–Trinajstić information content (AvgIpc) is 2.35. The zero-order chi connectivity index (χ0) is 13.0. The van der Waals surface area contributed by atoms with Crippen LogP contribution in [0.3, 0.4) is 0 Å². The van der Waals surface area contributed by atoms with Crippen molar-refractivity contribution in [2.24, 2.45) is 0 Å². The number of nitrogens with two attached hydrogens (primary N) is 1. The van der Waals surface area contributed by atoms with Crippen LogP contribution in [0.4, 0.5) is 16.2 Å². The Morgan fingerprint density at radius 3 is 2.44 bits per heavy atom. The van der Waals surface area contributed by atoms with Gasteiger partial charge in [-0.3, -0.25) is 5.32 Å². The van der Waals surface area contributed by atoms with Gasteiger partial charge in [0.05, 0.1) is 10.7 Å². The molecule has 2 aromatic carbocycles. The Morgan fingerprint density at radius 1 is 1.11 bits per heavy atom. The summed E-state index contributed by atoms with van der Waals surface area (Å²) in [7, 11) is 0. The van der Waals surface area contributed by atoms with Crippen LogP contribution in [0.2, 0.25) is 5.02 Å². The molecule has 5 heteroatoms. The summed E-state index contributed by atoms with van der Waals surface area (Å²) in [4.78, 5) is 11.6. The van der Waals surface area contributed by atoms with E-state index in [9.17, 15) is 4.79 Å². The number of para-hydroxylation sites is 1. The highest BCUT2D eigenvalue weighted by atomic mass is 35.5. The normalized spacial score (nSPS) is 9.83. The molecule has 0 aliphatic heterocycles. The summed E-state index contributed by atoms with van der Waals surface area (Å²) >= 11 is 5.91. The maximum atomic E-state index is 11.6. The number of halogens is 1. The Morgan fingerprint density at radius 2 is 1.78 bits per heavy atom. The molecule has 0 spiro atoms. The maximum absolute atomic E-state index is 11.6. The van der Waals surface area contributed by atoms with Crippen molar-refractivity contribution in [1.82, 2.24) is 0 Å². The lowest BCUT2D eigenvalue weighted by Crippen LogP contribution is -2.16. The number of hydrogen-bond acceptors (Lipinski definition) is 3. The van der Waals surface area contributed by atoms with Gasteiger partial charge in [0.2, 0.25) is 0 Å². The van der Waals surface area contributed by atoms with Crippen LogP contribution >= 0.6 is 11.6 Å². The van der Waals surface area contributed by atoms with Crippen LogP contribution in [0.15, 0.2) is 48.5 Å². The Hall–Kier alpha value is -2.20. The highest BCUT2D eigenvalue weighted by Gasteiger charge is 2.07. The topological polar surface area (TPSA) is 64.3 Å². The van der Waals surface area contributed by atoms with Gasteiger partial charge < -0.3 is 10.5 Å². The number of carbonyl (C=O) groups is 1. The van der Waals surface area contributed by atoms with Gasteiger partial charge in [-0.2, -0.15) is 0 Å². The zero-order valence-electron chi connectivity index (χ0n) is 9.39. The molecule has 1 amide bonds. The first-order valence-corrected chi connectivity index (χ1v) is 5.62. The van der Waals surface area contributed by atoms with Crippen LogP contribution < -0.4 is 15.8 Å². The van der Waals surface area contributed by atoms with E-state index in [1.54, 1.807) is 48.5 Å². The fourth-order valence-electron chi connectivity index (χ4n) is 1.34. The lowest BCUT2D eigenvalue weighted by molar-refractivity contribution is 0.215. The smallest absolute Gasteiger partial charge is 0.410 e. The molecular weight excluding hydrogens is 252 g/mol. The van der Waals surface area contributed by atoms with Crippen molar-refractivity contribution in [3.63, 3.8) is 0 Å². The minimum absolute atomic E-state index is 0.411. The number of rotatable bonds is 2. The molecule has 4 nitrogen and oxygen atoms in total. The predicted molar refractivity (Wildman–Crippen MR) is 72.0 cm³/mol. The Labute approximate surface area is 109 Å². The minimum atomic E-state index is -0.604. The monoisotopic (exact) mass is 262 g/mol. The number of nitrogen functional groups attached to an aromatic ring is 1. The van der Waals surface area contributed by atoms with Gasteiger partial charge in [-0.25, -0.2) is 4.79 Å². The van der Waals surface area contributed by atoms with Crippen molar-refractivity contribution < 1.29 is 9.53 Å². The highest BCUT2D eigenvalue weighted by molar-refractivity contribution is 6.33. The second-order valence-corrected chi connectivity index (χ2v) is 3.97. The van der Waals surface area contributed by atoms with Crippen molar-refractivity contribution in [2.75, 3.05) is 11.1 Å². The van der Waals surface area contributed by atoms with Crippen LogP contribution in [0.1, 0.15) is 0 Å². The standard InChI is InChI=1S/C13H11ClN2O2/c14-11-3-1-2-4-12(11)16-13(17)18-10-7-5-9(15)6-8-10/h1-8H,15H2,(H,16,17). The van der Waals surface area contributed by atoms with Gasteiger partial charge in [-0.05, 0) is 36.4 Å². The van der Waals surface area contributed by atoms with Crippen LogP contribution in [0.5, 0.6) is 5.75 Å². The number of carbonyl (C=O) groups excluding carboxylic acids is 1. The van der Waals surface area contributed by atoms with E-state index in [0.717, 1.165) is 0 Å². The van der Waals surface area contributed by atoms with Gasteiger partial charge >= 0.3 is 6.09 Å². The van der Waals surface area contributed by atoms with E-state index in [1.165, 1.54) is 0 Å². The molecule has 18 heavy (non-hydrogen) atoms. The fraction of sp³-hybridized carbons (Fsp3) is 0. The molecule has 2 rings (SSSR count). The molecule has 0 saturated heterocycles. The van der Waals surface area contributed by atoms with E-state index in [4.69, 9.17) is 22.1 Å². The quantitative estimate of drug-likeness (QED) is 0.814. The molecule has 0 saturated carbocycles. The van der Waals surface area contributed by atoms with Crippen LogP contribution in [0, 0.1) is 0 Å². The third-order valence-electron chi connectivity index (χ3n) is 2.20. The number of amides is 1. The molecule has 2 aromatic rings. The van der Waals surface area contributed by atoms with Gasteiger partial charge in [-0.1, -0.05) is 23.7 Å². The van der Waals surface area contributed by atoms with Crippen molar-refractivity contribution >= 4 is 29.1 Å². The van der Waals surface area contributed by atoms with E-state index in [2.05, 4.69) is 5.32 Å². The molecule has 0 bridgehead atoms. The molecule has 92 valence electrons. The summed E-state index contributed by atoms with van der Waals surface area (Å²) in [6.45, 7) is 0. The third kappa shape index (κ3) is 3.15. The summed E-state index contributed by atoms with van der Waals surface area (Å²) in [6, 6.07) is 13.4. The van der Waals surface area contributed by atoms with E-state index < -0.39 is 6.09 Å². The first kappa shape index (κ1) is 12.3. The summed E-state index contributed by atoms with van der Waals surface area (Å²) in [6.07, 6.45) is -0.604. The molecule has 0 aromatic heterocycles. The molecule has 0 fully saturated rings. The summed E-state index contributed by atoms with van der Waals surface area (Å²) in [5.74, 6) is 0.411. The number of benzene rings is 2. The average molecular weight is 263 g/mol. The molecule has 0 unspecified atom stereocenters. The summed E-state index contributed by atoms with van der Waals surface area (Å²) in [5.41, 5.74) is 6.63. The number of ether oxygens (including phenoxy) is 1. The van der Waals surface area contributed by atoms with Crippen molar-refractivity contribution in [3.05, 3.63) is 53.6 Å². The van der Waals surface area contributed by atoms with E-state index in [-0.39, 0.29) is 0 Å². The van der Waals surface area contributed by atoms with Crippen molar-refractivity contribution in [2.45, 2.75) is 0 Å². The number of hydrogen-bond donors (Lipinski definition) is 2. The zero-order valence-corrected chi connectivity index (χ0v) is 10.1. The van der Waals surface area contributed by atoms with Gasteiger partial charge in [-0.15, -0.1) is 0 Å². The second-order valence-electron chi connectivity index (χ2n) is 3.56. The van der Waals surface area contributed by atoms with Crippen molar-refractivity contribution in [3.8, 4) is 5.75 Å². The van der Waals surface area contributed by atoms with Gasteiger partial charge in [0.25, 0.3) is 0 Å². The van der Waals surface area contributed by atoms with E-state index in [1.807, 2.05) is 0 Å². The molecular formula is C13H11ClN2O2. The molecule has 0 radical (unpaired) electrons. The third-order valence-corrected chi connectivity index (χ3v) is 2.53. The fourth-order valence-corrected chi connectivity index (χ4v) is 1.52. The molecule has 0 aliphatic rings. The van der Waals surface area contributed by atoms with Crippen LogP contribution in [-0.4, -0.2) is 6.09 Å². The molecule has 0 aliphatic carbocycles. The summed E-state index contributed by atoms with van der Waals surface area (Å²) < 4.78 is 5.06. The first-order valence-electron chi connectivity index (χ1n) is 5.24. The molecule has 0 heterocycles. The molecule has 0 atom stereocenters. The van der Waals surface area contributed by atoms with Crippen LogP contribution in [-0.2, 0) is 0 Å². The van der Waals surface area contributed by atoms with E-state index >= 15 is 0 Å². The second kappa shape index (κ2) is 5.42. The lowest BCUT2D eigenvalue weighted by Gasteiger charge is -2.07. The van der Waals surface area contributed by atoms with Gasteiger partial charge in [0, 0.05) is 5.69 Å². The summed E-state index contributed by atoms with van der Waals surface area (Å²) in [5, 5.41) is 3.00. The predicted octanol–water partition coefficient (Wildman–Crippen LogP) is 3.53. The van der Waals surface area contributed by atoms with Crippen molar-refractivity contribution in [1.29, 1.82) is 0 Å². The molecule has 3 N–H and O–H groups in total. The highest BCUT2D eigenvalue weighted by Crippen LogP contribution is 2.21. The van der Waals surface area contributed by atoms with E-state index in [0.29, 0.717) is 22.1 Å². The van der Waals surface area contributed by atoms with Gasteiger partial charge in [0.1, 0.15) is 5.75 Å². The largest absolute Gasteiger partial charge is 0.417 e. The maximum Gasteiger partial charge on any atom is 0.417 e. The minimum Gasteiger partial charge on any atom is -0.410 e. The van der Waals surface area contributed by atoms with Gasteiger partial charge in [0.15, 0.2) is 0 Å². The Kier molecular flexibility index (Phi) is 3.69. The van der Waals surface area contributed by atoms with Crippen LogP contribution in [0.25, 0.3) is 0 Å². The number of anilines is 2. The number of nitrogens with one attached hydrogen (secondary N) is 1. The first-order chi connectivity index (χ1) is 8.65. The Bertz CT molecular complexity index is 555. The Balaban J connectivity index is 2.01. The SMILES string of the molecule is Nc1ccc(OC(=O)Nc2ccccc2Cl)cc1.